The molecule has 1 amide bonds. The van der Waals surface area contributed by atoms with Crippen LogP contribution in [-0.2, 0) is 4.79 Å². The molecule has 7 nitrogen and oxygen atoms in total. The van der Waals surface area contributed by atoms with Crippen LogP contribution in [0.2, 0.25) is 0 Å². The molecule has 166 valence electrons. The van der Waals surface area contributed by atoms with Crippen molar-refractivity contribution in [2.24, 2.45) is 5.92 Å². The summed E-state index contributed by atoms with van der Waals surface area (Å²) in [5.74, 6) is 2.88. The Morgan fingerprint density at radius 2 is 1.97 bits per heavy atom. The van der Waals surface area contributed by atoms with Crippen LogP contribution in [0.4, 0.5) is 11.6 Å². The molecule has 0 bridgehead atoms. The Balaban J connectivity index is 1.21. The maximum absolute atomic E-state index is 12.7. The summed E-state index contributed by atoms with van der Waals surface area (Å²) in [7, 11) is 0. The lowest BCUT2D eigenvalue weighted by Gasteiger charge is -2.36. The number of hydrogen-bond donors (Lipinski definition) is 1. The summed E-state index contributed by atoms with van der Waals surface area (Å²) in [6.45, 7) is 9.33. The smallest absolute Gasteiger partial charge is 0.222 e. The number of aromatic nitrogens is 2. The highest BCUT2D eigenvalue weighted by molar-refractivity contribution is 5.76. The average molecular weight is 415 g/mol. The molecule has 1 aliphatic carbocycles. The Bertz CT molecular complexity index is 686. The van der Waals surface area contributed by atoms with Gasteiger partial charge in [0, 0.05) is 57.8 Å². The van der Waals surface area contributed by atoms with Gasteiger partial charge in [0.1, 0.15) is 18.0 Å². The zero-order valence-electron chi connectivity index (χ0n) is 18.6. The van der Waals surface area contributed by atoms with E-state index < -0.39 is 0 Å². The number of piperidine rings is 1. The second-order valence-corrected chi connectivity index (χ2v) is 9.25. The first-order chi connectivity index (χ1) is 14.7. The van der Waals surface area contributed by atoms with Gasteiger partial charge in [-0.1, -0.05) is 13.3 Å². The van der Waals surface area contributed by atoms with Crippen LogP contribution in [0.25, 0.3) is 0 Å². The van der Waals surface area contributed by atoms with Gasteiger partial charge in [-0.25, -0.2) is 9.97 Å². The van der Waals surface area contributed by atoms with Crippen molar-refractivity contribution in [3.63, 3.8) is 0 Å². The third kappa shape index (κ3) is 6.06. The molecule has 1 aromatic heterocycles. The maximum atomic E-state index is 12.7. The van der Waals surface area contributed by atoms with Gasteiger partial charge >= 0.3 is 0 Å². The Kier molecular flexibility index (Phi) is 7.42. The molecule has 2 aliphatic heterocycles. The summed E-state index contributed by atoms with van der Waals surface area (Å²) < 4.78 is 0. The van der Waals surface area contributed by atoms with Gasteiger partial charge in [-0.3, -0.25) is 9.69 Å². The van der Waals surface area contributed by atoms with Gasteiger partial charge < -0.3 is 15.1 Å². The van der Waals surface area contributed by atoms with Crippen molar-refractivity contribution in [3.05, 3.63) is 12.4 Å². The van der Waals surface area contributed by atoms with Crippen LogP contribution in [0.15, 0.2) is 12.4 Å². The van der Waals surface area contributed by atoms with E-state index in [-0.39, 0.29) is 0 Å². The number of nitrogens with one attached hydrogen (secondary N) is 1. The van der Waals surface area contributed by atoms with Crippen molar-refractivity contribution in [1.82, 2.24) is 19.8 Å². The van der Waals surface area contributed by atoms with E-state index in [2.05, 4.69) is 43.0 Å². The molecule has 0 unspecified atom stereocenters. The Morgan fingerprint density at radius 1 is 1.13 bits per heavy atom. The van der Waals surface area contributed by atoms with Gasteiger partial charge in [-0.15, -0.1) is 0 Å². The van der Waals surface area contributed by atoms with E-state index in [9.17, 15) is 4.79 Å². The molecular weight excluding hydrogens is 376 g/mol. The molecular formula is C23H38N6O. The van der Waals surface area contributed by atoms with Gasteiger partial charge in [0.15, 0.2) is 0 Å². The standard InChI is InChI=1S/C23H38N6O/c1-2-3-10-27-12-14-28(15-13-27)23(30)9-6-19-5-4-11-29(17-19)22-16-21(24-18-25-22)26-20-7-8-20/h16,18-20H,2-15,17H2,1H3,(H,24,25,26)/t19-/m1/s1. The summed E-state index contributed by atoms with van der Waals surface area (Å²) in [4.78, 5) is 28.6. The summed E-state index contributed by atoms with van der Waals surface area (Å²) in [6, 6.07) is 2.69. The van der Waals surface area contributed by atoms with E-state index >= 15 is 0 Å². The summed E-state index contributed by atoms with van der Waals surface area (Å²) in [5, 5.41) is 3.47. The largest absolute Gasteiger partial charge is 0.367 e. The Morgan fingerprint density at radius 3 is 2.73 bits per heavy atom. The molecule has 1 saturated carbocycles. The monoisotopic (exact) mass is 414 g/mol. The van der Waals surface area contributed by atoms with E-state index in [1.807, 2.05) is 0 Å². The van der Waals surface area contributed by atoms with Crippen molar-refractivity contribution in [1.29, 1.82) is 0 Å². The SMILES string of the molecule is CCCCN1CCN(C(=O)CC[C@H]2CCCN(c3cc(NC4CC4)ncn3)C2)CC1. The Labute approximate surface area is 181 Å². The minimum Gasteiger partial charge on any atom is -0.367 e. The normalized spacial score (nSPS) is 22.9. The van der Waals surface area contributed by atoms with Crippen LogP contribution in [-0.4, -0.2) is 77.5 Å². The molecule has 3 aliphatic rings. The lowest BCUT2D eigenvalue weighted by molar-refractivity contribution is -0.133. The summed E-state index contributed by atoms with van der Waals surface area (Å²) >= 11 is 0. The second kappa shape index (κ2) is 10.4. The van der Waals surface area contributed by atoms with Crippen LogP contribution < -0.4 is 10.2 Å². The quantitative estimate of drug-likeness (QED) is 0.670. The molecule has 3 heterocycles. The van der Waals surface area contributed by atoms with Crippen LogP contribution in [0.5, 0.6) is 0 Å². The predicted molar refractivity (Wildman–Crippen MR) is 121 cm³/mol. The van der Waals surface area contributed by atoms with Gasteiger partial charge in [0.2, 0.25) is 5.91 Å². The van der Waals surface area contributed by atoms with Gasteiger partial charge in [-0.2, -0.15) is 0 Å². The average Bonchev–Trinajstić information content (AvgIpc) is 3.61. The number of hydrogen-bond acceptors (Lipinski definition) is 6. The zero-order valence-corrected chi connectivity index (χ0v) is 18.6. The molecule has 30 heavy (non-hydrogen) atoms. The first-order valence-electron chi connectivity index (χ1n) is 12.0. The molecule has 0 spiro atoms. The molecule has 3 fully saturated rings. The highest BCUT2D eigenvalue weighted by Crippen LogP contribution is 2.28. The third-order valence-electron chi connectivity index (χ3n) is 6.74. The maximum Gasteiger partial charge on any atom is 0.222 e. The minimum absolute atomic E-state index is 0.347. The molecule has 7 heteroatoms. The van der Waals surface area contributed by atoms with Gasteiger partial charge in [0.05, 0.1) is 0 Å². The van der Waals surface area contributed by atoms with E-state index in [1.54, 1.807) is 6.33 Å². The van der Waals surface area contributed by atoms with E-state index in [4.69, 9.17) is 0 Å². The van der Waals surface area contributed by atoms with Crippen molar-refractivity contribution in [2.45, 2.75) is 64.3 Å². The molecule has 1 atom stereocenters. The van der Waals surface area contributed by atoms with Crippen LogP contribution in [0, 0.1) is 5.92 Å². The number of nitrogens with zero attached hydrogens (tertiary/aromatic N) is 5. The molecule has 0 radical (unpaired) electrons. The highest BCUT2D eigenvalue weighted by Gasteiger charge is 2.26. The fourth-order valence-electron chi connectivity index (χ4n) is 4.63. The Hall–Kier alpha value is -1.89. The van der Waals surface area contributed by atoms with Gasteiger partial charge in [0.25, 0.3) is 0 Å². The van der Waals surface area contributed by atoms with Crippen molar-refractivity contribution >= 4 is 17.5 Å². The molecule has 1 aromatic rings. The van der Waals surface area contributed by atoms with E-state index in [0.29, 0.717) is 24.3 Å². The molecule has 0 aromatic carbocycles. The number of carbonyl (C=O) groups excluding carboxylic acids is 1. The van der Waals surface area contributed by atoms with E-state index in [1.165, 1.54) is 45.1 Å². The first-order valence-corrected chi connectivity index (χ1v) is 12.0. The van der Waals surface area contributed by atoms with Crippen LogP contribution >= 0.6 is 0 Å². The fourth-order valence-corrected chi connectivity index (χ4v) is 4.63. The summed E-state index contributed by atoms with van der Waals surface area (Å²) in [5.41, 5.74) is 0. The number of piperazine rings is 1. The summed E-state index contributed by atoms with van der Waals surface area (Å²) in [6.07, 6.45) is 10.7. The zero-order chi connectivity index (χ0) is 20.8. The highest BCUT2D eigenvalue weighted by atomic mass is 16.2. The lowest BCUT2D eigenvalue weighted by atomic mass is 9.93. The van der Waals surface area contributed by atoms with Crippen molar-refractivity contribution in [2.75, 3.05) is 56.0 Å². The number of rotatable bonds is 9. The van der Waals surface area contributed by atoms with Crippen LogP contribution in [0.1, 0.15) is 58.3 Å². The van der Waals surface area contributed by atoms with Crippen LogP contribution in [0.3, 0.4) is 0 Å². The van der Waals surface area contributed by atoms with Gasteiger partial charge in [-0.05, 0) is 51.0 Å². The minimum atomic E-state index is 0.347. The number of amides is 1. The third-order valence-corrected chi connectivity index (χ3v) is 6.74. The van der Waals surface area contributed by atoms with E-state index in [0.717, 1.165) is 57.3 Å². The molecule has 1 N–H and O–H groups in total. The topological polar surface area (TPSA) is 64.6 Å². The lowest BCUT2D eigenvalue weighted by Crippen LogP contribution is -2.49. The van der Waals surface area contributed by atoms with Crippen molar-refractivity contribution in [3.8, 4) is 0 Å². The molecule has 4 rings (SSSR count). The fraction of sp³-hybridized carbons (Fsp3) is 0.783. The number of anilines is 2. The first kappa shape index (κ1) is 21.3. The predicted octanol–water partition coefficient (Wildman–Crippen LogP) is 2.99. The second-order valence-electron chi connectivity index (χ2n) is 9.25. The number of carbonyl (C=O) groups is 1. The number of unbranched alkanes of at least 4 members (excludes halogenated alkanes) is 1. The van der Waals surface area contributed by atoms with Crippen molar-refractivity contribution < 1.29 is 4.79 Å². The molecule has 2 saturated heterocycles.